The van der Waals surface area contributed by atoms with Crippen LogP contribution in [-0.2, 0) is 11.3 Å². The minimum absolute atomic E-state index is 0.163. The van der Waals surface area contributed by atoms with Crippen molar-refractivity contribution in [2.24, 2.45) is 0 Å². The van der Waals surface area contributed by atoms with E-state index in [1.807, 2.05) is 11.9 Å². The van der Waals surface area contributed by atoms with Crippen LogP contribution >= 0.6 is 0 Å². The highest BCUT2D eigenvalue weighted by Crippen LogP contribution is 2.23. The van der Waals surface area contributed by atoms with E-state index in [1.165, 1.54) is 0 Å². The Morgan fingerprint density at radius 2 is 2.11 bits per heavy atom. The quantitative estimate of drug-likeness (QED) is 0.810. The lowest BCUT2D eigenvalue weighted by molar-refractivity contribution is -0.0778. The number of ether oxygens (including phenoxy) is 1. The zero-order valence-corrected chi connectivity index (χ0v) is 11.2. The fourth-order valence-electron chi connectivity index (χ4n) is 2.48. The molecule has 0 aliphatic carbocycles. The van der Waals surface area contributed by atoms with Crippen LogP contribution in [0.25, 0.3) is 0 Å². The molecule has 4 nitrogen and oxygen atoms in total. The summed E-state index contributed by atoms with van der Waals surface area (Å²) in [4.78, 5) is 1.92. The van der Waals surface area contributed by atoms with Crippen molar-refractivity contribution in [2.75, 3.05) is 32.5 Å². The largest absolute Gasteiger partial charge is 0.396 e. The van der Waals surface area contributed by atoms with E-state index in [4.69, 9.17) is 10.5 Å². The Bertz CT molecular complexity index is 433. The third-order valence-corrected chi connectivity index (χ3v) is 3.54. The van der Waals surface area contributed by atoms with E-state index in [0.717, 1.165) is 0 Å². The summed E-state index contributed by atoms with van der Waals surface area (Å²) >= 11 is 0. The first-order valence-electron chi connectivity index (χ1n) is 6.52. The maximum Gasteiger partial charge on any atom is 0.150 e. The number of halogens is 1. The van der Waals surface area contributed by atoms with Crippen molar-refractivity contribution >= 4 is 5.69 Å². The monoisotopic (exact) mass is 268 g/mol. The molecule has 19 heavy (non-hydrogen) atoms. The van der Waals surface area contributed by atoms with E-state index in [-0.39, 0.29) is 11.5 Å². The average molecular weight is 268 g/mol. The SMILES string of the molecule is CN(Cc1cccc(N)c1F)CC1(O)CCOCC1. The molecule has 2 rings (SSSR count). The molecular formula is C14H21FN2O2. The van der Waals surface area contributed by atoms with Crippen molar-refractivity contribution in [1.82, 2.24) is 4.90 Å². The fraction of sp³-hybridized carbons (Fsp3) is 0.571. The number of aliphatic hydroxyl groups is 1. The van der Waals surface area contributed by atoms with Gasteiger partial charge in [0, 0.05) is 44.7 Å². The highest BCUT2D eigenvalue weighted by Gasteiger charge is 2.31. The van der Waals surface area contributed by atoms with Crippen molar-refractivity contribution in [1.29, 1.82) is 0 Å². The Balaban J connectivity index is 1.97. The van der Waals surface area contributed by atoms with Crippen molar-refractivity contribution in [3.05, 3.63) is 29.6 Å². The van der Waals surface area contributed by atoms with Crippen LogP contribution in [0, 0.1) is 5.82 Å². The predicted molar refractivity (Wildman–Crippen MR) is 72.1 cm³/mol. The molecule has 0 saturated carbocycles. The van der Waals surface area contributed by atoms with Crippen molar-refractivity contribution in [3.63, 3.8) is 0 Å². The van der Waals surface area contributed by atoms with Gasteiger partial charge in [-0.05, 0) is 13.1 Å². The van der Waals surface area contributed by atoms with Gasteiger partial charge in [0.15, 0.2) is 5.82 Å². The normalized spacial score (nSPS) is 18.7. The Morgan fingerprint density at radius 1 is 1.42 bits per heavy atom. The lowest BCUT2D eigenvalue weighted by Gasteiger charge is -2.35. The smallest absolute Gasteiger partial charge is 0.150 e. The van der Waals surface area contributed by atoms with Gasteiger partial charge < -0.3 is 15.6 Å². The number of nitrogens with zero attached hydrogens (tertiary/aromatic N) is 1. The lowest BCUT2D eigenvalue weighted by atomic mass is 9.94. The summed E-state index contributed by atoms with van der Waals surface area (Å²) in [6, 6.07) is 5.01. The zero-order valence-electron chi connectivity index (χ0n) is 11.2. The Hall–Kier alpha value is -1.17. The van der Waals surface area contributed by atoms with Crippen molar-refractivity contribution in [2.45, 2.75) is 25.0 Å². The van der Waals surface area contributed by atoms with Crippen LogP contribution in [-0.4, -0.2) is 42.4 Å². The summed E-state index contributed by atoms with van der Waals surface area (Å²) in [5.74, 6) is -0.367. The summed E-state index contributed by atoms with van der Waals surface area (Å²) in [6.07, 6.45) is 1.24. The van der Waals surface area contributed by atoms with E-state index < -0.39 is 5.60 Å². The number of hydrogen-bond acceptors (Lipinski definition) is 4. The predicted octanol–water partition coefficient (Wildman–Crippen LogP) is 1.38. The van der Waals surface area contributed by atoms with Crippen LogP contribution < -0.4 is 5.73 Å². The molecule has 5 heteroatoms. The van der Waals surface area contributed by atoms with Crippen LogP contribution in [0.15, 0.2) is 18.2 Å². The molecule has 1 aliphatic rings. The molecule has 1 aromatic rings. The molecule has 1 saturated heterocycles. The van der Waals surface area contributed by atoms with E-state index in [1.54, 1.807) is 18.2 Å². The molecule has 1 fully saturated rings. The molecule has 0 spiro atoms. The van der Waals surface area contributed by atoms with Gasteiger partial charge in [0.2, 0.25) is 0 Å². The molecule has 1 aromatic carbocycles. The Labute approximate surface area is 113 Å². The second-order valence-electron chi connectivity index (χ2n) is 5.33. The number of anilines is 1. The van der Waals surface area contributed by atoms with Gasteiger partial charge in [0.1, 0.15) is 0 Å². The highest BCUT2D eigenvalue weighted by atomic mass is 19.1. The Kier molecular flexibility index (Phi) is 4.39. The molecule has 0 amide bonds. The number of rotatable bonds is 4. The van der Waals surface area contributed by atoms with Gasteiger partial charge in [-0.3, -0.25) is 4.90 Å². The zero-order chi connectivity index (χ0) is 13.9. The van der Waals surface area contributed by atoms with Crippen molar-refractivity contribution in [3.8, 4) is 0 Å². The van der Waals surface area contributed by atoms with E-state index in [0.29, 0.717) is 44.7 Å². The summed E-state index contributed by atoms with van der Waals surface area (Å²) in [7, 11) is 1.87. The minimum Gasteiger partial charge on any atom is -0.396 e. The number of nitrogen functional groups attached to an aromatic ring is 1. The molecular weight excluding hydrogens is 247 g/mol. The molecule has 0 aromatic heterocycles. The van der Waals surface area contributed by atoms with Crippen molar-refractivity contribution < 1.29 is 14.2 Å². The number of hydrogen-bond donors (Lipinski definition) is 2. The van der Waals surface area contributed by atoms with E-state index >= 15 is 0 Å². The maximum atomic E-state index is 13.8. The van der Waals surface area contributed by atoms with E-state index in [9.17, 15) is 9.50 Å². The molecule has 1 aliphatic heterocycles. The van der Waals surface area contributed by atoms with Crippen LogP contribution in [0.3, 0.4) is 0 Å². The first kappa shape index (κ1) is 14.2. The summed E-state index contributed by atoms with van der Waals surface area (Å²) < 4.78 is 19.0. The van der Waals surface area contributed by atoms with Gasteiger partial charge in [-0.15, -0.1) is 0 Å². The van der Waals surface area contributed by atoms with Crippen LogP contribution in [0.1, 0.15) is 18.4 Å². The average Bonchev–Trinajstić information content (AvgIpc) is 2.35. The summed E-state index contributed by atoms with van der Waals surface area (Å²) in [6.45, 7) is 2.10. The second-order valence-corrected chi connectivity index (χ2v) is 5.33. The molecule has 0 atom stereocenters. The third kappa shape index (κ3) is 3.65. The van der Waals surface area contributed by atoms with Gasteiger partial charge >= 0.3 is 0 Å². The summed E-state index contributed by atoms with van der Waals surface area (Å²) in [5, 5.41) is 10.4. The van der Waals surface area contributed by atoms with Crippen LogP contribution in [0.2, 0.25) is 0 Å². The maximum absolute atomic E-state index is 13.8. The van der Waals surface area contributed by atoms with E-state index in [2.05, 4.69) is 0 Å². The van der Waals surface area contributed by atoms with Crippen LogP contribution in [0.5, 0.6) is 0 Å². The van der Waals surface area contributed by atoms with Gasteiger partial charge in [-0.2, -0.15) is 0 Å². The lowest BCUT2D eigenvalue weighted by Crippen LogP contribution is -2.45. The first-order chi connectivity index (χ1) is 9.00. The molecule has 1 heterocycles. The number of benzene rings is 1. The molecule has 3 N–H and O–H groups in total. The number of likely N-dealkylation sites (N-methyl/N-ethyl adjacent to an activating group) is 1. The van der Waals surface area contributed by atoms with Gasteiger partial charge in [-0.25, -0.2) is 4.39 Å². The van der Waals surface area contributed by atoms with Gasteiger partial charge in [0.05, 0.1) is 11.3 Å². The minimum atomic E-state index is -0.732. The highest BCUT2D eigenvalue weighted by molar-refractivity contribution is 5.42. The molecule has 0 unspecified atom stereocenters. The van der Waals surface area contributed by atoms with Gasteiger partial charge in [0.25, 0.3) is 0 Å². The third-order valence-electron chi connectivity index (χ3n) is 3.54. The molecule has 0 radical (unpaired) electrons. The van der Waals surface area contributed by atoms with Gasteiger partial charge in [-0.1, -0.05) is 12.1 Å². The molecule has 106 valence electrons. The molecule has 0 bridgehead atoms. The van der Waals surface area contributed by atoms with Crippen LogP contribution in [0.4, 0.5) is 10.1 Å². The Morgan fingerprint density at radius 3 is 2.79 bits per heavy atom. The standard InChI is InChI=1S/C14H21FN2O2/c1-17(10-14(18)5-7-19-8-6-14)9-11-3-2-4-12(16)13(11)15/h2-4,18H,5-10,16H2,1H3. The second kappa shape index (κ2) is 5.86. The summed E-state index contributed by atoms with van der Waals surface area (Å²) in [5.41, 5.74) is 5.53. The topological polar surface area (TPSA) is 58.7 Å². The fourth-order valence-corrected chi connectivity index (χ4v) is 2.48. The first-order valence-corrected chi connectivity index (χ1v) is 6.52. The number of nitrogens with two attached hydrogens (primary N) is 1.